The Kier molecular flexibility index (Phi) is 8.87. The van der Waals surface area contributed by atoms with E-state index in [2.05, 4.69) is 5.32 Å². The molecule has 0 unspecified atom stereocenters. The fraction of sp³-hybridized carbons (Fsp3) is 0.385. The lowest BCUT2D eigenvalue weighted by Crippen LogP contribution is -2.44. The standard InChI is InChI=1S/C26H31N3O6S/c1-5-18-21(23(31)24(27)32)22-19(14-36-25(22)29(18)12-16-9-7-6-8-10-16)35-13-20(30)28-17(11-15(2)3)26(33)34-4/h6-10,14-15,17H,5,11-13H2,1-4H3,(H2,27,32)(H,28,30)/t17-/m0/s1. The Morgan fingerprint density at radius 2 is 1.83 bits per heavy atom. The largest absolute Gasteiger partial charge is 0.482 e. The molecule has 10 heteroatoms. The maximum atomic E-state index is 12.9. The molecule has 3 aromatic rings. The first-order valence-corrected chi connectivity index (χ1v) is 12.6. The number of rotatable bonds is 12. The zero-order chi connectivity index (χ0) is 26.4. The van der Waals surface area contributed by atoms with Crippen molar-refractivity contribution in [2.45, 2.75) is 46.2 Å². The van der Waals surface area contributed by atoms with Crippen molar-refractivity contribution in [2.24, 2.45) is 11.7 Å². The maximum Gasteiger partial charge on any atom is 0.328 e. The van der Waals surface area contributed by atoms with Gasteiger partial charge in [-0.05, 0) is 24.3 Å². The SMILES string of the molecule is CCc1c(C(=O)C(N)=O)c2c(OCC(=O)N[C@@H](CC(C)C)C(=O)OC)csc2n1Cc1ccccc1. The number of aromatic nitrogens is 1. The van der Waals surface area contributed by atoms with Gasteiger partial charge in [-0.3, -0.25) is 14.4 Å². The molecule has 9 nitrogen and oxygen atoms in total. The number of nitrogens with zero attached hydrogens (tertiary/aromatic N) is 1. The molecule has 3 N–H and O–H groups in total. The van der Waals surface area contributed by atoms with Crippen LogP contribution < -0.4 is 15.8 Å². The smallest absolute Gasteiger partial charge is 0.328 e. The van der Waals surface area contributed by atoms with Crippen molar-refractivity contribution in [1.29, 1.82) is 0 Å². The summed E-state index contributed by atoms with van der Waals surface area (Å²) in [5, 5.41) is 4.80. The molecule has 0 saturated heterocycles. The van der Waals surface area contributed by atoms with Gasteiger partial charge in [0.05, 0.1) is 18.1 Å². The number of esters is 1. The number of thiophene rings is 1. The lowest BCUT2D eigenvalue weighted by Gasteiger charge is -2.18. The number of primary amides is 1. The van der Waals surface area contributed by atoms with Crippen molar-refractivity contribution in [1.82, 2.24) is 9.88 Å². The summed E-state index contributed by atoms with van der Waals surface area (Å²) in [7, 11) is 1.27. The Morgan fingerprint density at radius 3 is 2.42 bits per heavy atom. The van der Waals surface area contributed by atoms with Gasteiger partial charge < -0.3 is 25.1 Å². The zero-order valence-electron chi connectivity index (χ0n) is 20.8. The highest BCUT2D eigenvalue weighted by Crippen LogP contribution is 2.40. The minimum atomic E-state index is -1.06. The van der Waals surface area contributed by atoms with E-state index in [1.54, 1.807) is 5.38 Å². The van der Waals surface area contributed by atoms with Crippen LogP contribution in [0.25, 0.3) is 10.2 Å². The highest BCUT2D eigenvalue weighted by Gasteiger charge is 2.29. The summed E-state index contributed by atoms with van der Waals surface area (Å²) in [4.78, 5) is 50.1. The molecule has 0 fully saturated rings. The van der Waals surface area contributed by atoms with Crippen LogP contribution in [0.5, 0.6) is 5.75 Å². The van der Waals surface area contributed by atoms with E-state index in [4.69, 9.17) is 15.2 Å². The second kappa shape index (κ2) is 11.9. The van der Waals surface area contributed by atoms with E-state index in [0.717, 1.165) is 10.4 Å². The Bertz CT molecular complexity index is 1260. The molecule has 36 heavy (non-hydrogen) atoms. The summed E-state index contributed by atoms with van der Waals surface area (Å²) in [5.74, 6) is -2.45. The van der Waals surface area contributed by atoms with E-state index in [1.807, 2.05) is 55.7 Å². The minimum absolute atomic E-state index is 0.158. The van der Waals surface area contributed by atoms with Crippen molar-refractivity contribution in [3.05, 3.63) is 52.5 Å². The van der Waals surface area contributed by atoms with Gasteiger partial charge >= 0.3 is 5.97 Å². The Morgan fingerprint density at radius 1 is 1.14 bits per heavy atom. The third-order valence-electron chi connectivity index (χ3n) is 5.70. The number of carbonyl (C=O) groups excluding carboxylic acids is 4. The second-order valence-corrected chi connectivity index (χ2v) is 9.64. The fourth-order valence-corrected chi connectivity index (χ4v) is 5.17. The van der Waals surface area contributed by atoms with Gasteiger partial charge in [0, 0.05) is 17.6 Å². The number of methoxy groups -OCH3 is 1. The van der Waals surface area contributed by atoms with Gasteiger partial charge in [0.1, 0.15) is 16.6 Å². The van der Waals surface area contributed by atoms with Crippen LogP contribution in [0.1, 0.15) is 48.8 Å². The molecule has 2 heterocycles. The van der Waals surface area contributed by atoms with Gasteiger partial charge in [0.25, 0.3) is 17.6 Å². The average Bonchev–Trinajstić information content (AvgIpc) is 3.39. The summed E-state index contributed by atoms with van der Waals surface area (Å²) < 4.78 is 12.6. The lowest BCUT2D eigenvalue weighted by molar-refractivity contribution is -0.145. The molecule has 0 aliphatic rings. The molecule has 0 aliphatic heterocycles. The number of ether oxygens (including phenoxy) is 2. The van der Waals surface area contributed by atoms with Crippen molar-refractivity contribution < 1.29 is 28.7 Å². The number of nitrogens with one attached hydrogen (secondary N) is 1. The van der Waals surface area contributed by atoms with Crippen LogP contribution in [0, 0.1) is 5.92 Å². The summed E-state index contributed by atoms with van der Waals surface area (Å²) in [6, 6.07) is 8.94. The van der Waals surface area contributed by atoms with Crippen LogP contribution >= 0.6 is 11.3 Å². The van der Waals surface area contributed by atoms with Crippen LogP contribution in [0.4, 0.5) is 0 Å². The molecule has 192 valence electrons. The van der Waals surface area contributed by atoms with Crippen LogP contribution in [0.3, 0.4) is 0 Å². The van der Waals surface area contributed by atoms with Crippen LogP contribution in [-0.2, 0) is 32.1 Å². The maximum absolute atomic E-state index is 12.9. The number of fused-ring (bicyclic) bond motifs is 1. The first kappa shape index (κ1) is 26.9. The number of Topliss-reactive ketones (excluding diaryl/α,β-unsaturated/α-hetero) is 1. The molecule has 0 bridgehead atoms. The summed E-state index contributed by atoms with van der Waals surface area (Å²) in [5.41, 5.74) is 7.27. The third kappa shape index (κ3) is 5.93. The molecule has 2 amide bonds. The van der Waals surface area contributed by atoms with Crippen LogP contribution in [0.2, 0.25) is 0 Å². The number of amides is 2. The number of benzene rings is 1. The number of hydrogen-bond acceptors (Lipinski definition) is 7. The van der Waals surface area contributed by atoms with E-state index in [9.17, 15) is 19.2 Å². The van der Waals surface area contributed by atoms with Gasteiger partial charge in [-0.25, -0.2) is 4.79 Å². The predicted octanol–water partition coefficient (Wildman–Crippen LogP) is 3.06. The van der Waals surface area contributed by atoms with Crippen molar-refractivity contribution in [2.75, 3.05) is 13.7 Å². The third-order valence-corrected chi connectivity index (χ3v) is 6.68. The summed E-state index contributed by atoms with van der Waals surface area (Å²) in [6.07, 6.45) is 0.902. The number of carbonyl (C=O) groups is 4. The molecule has 1 aromatic carbocycles. The van der Waals surface area contributed by atoms with E-state index in [-0.39, 0.29) is 18.1 Å². The predicted molar refractivity (Wildman–Crippen MR) is 137 cm³/mol. The summed E-state index contributed by atoms with van der Waals surface area (Å²) >= 11 is 1.35. The normalized spacial score (nSPS) is 11.9. The van der Waals surface area contributed by atoms with E-state index in [0.29, 0.717) is 36.2 Å². The molecule has 0 radical (unpaired) electrons. The second-order valence-electron chi connectivity index (χ2n) is 8.78. The summed E-state index contributed by atoms with van der Waals surface area (Å²) in [6.45, 7) is 5.87. The van der Waals surface area contributed by atoms with E-state index in [1.165, 1.54) is 18.4 Å². The first-order valence-electron chi connectivity index (χ1n) is 11.7. The highest BCUT2D eigenvalue weighted by molar-refractivity contribution is 7.17. The van der Waals surface area contributed by atoms with Crippen molar-refractivity contribution in [3.63, 3.8) is 0 Å². The quantitative estimate of drug-likeness (QED) is 0.218. The number of hydrogen-bond donors (Lipinski definition) is 2. The van der Waals surface area contributed by atoms with Crippen LogP contribution in [-0.4, -0.2) is 47.9 Å². The van der Waals surface area contributed by atoms with Gasteiger partial charge in [-0.1, -0.05) is 51.1 Å². The average molecular weight is 514 g/mol. The minimum Gasteiger partial charge on any atom is -0.482 e. The van der Waals surface area contributed by atoms with Crippen LogP contribution in [0.15, 0.2) is 35.7 Å². The van der Waals surface area contributed by atoms with Gasteiger partial charge in [-0.2, -0.15) is 0 Å². The van der Waals surface area contributed by atoms with E-state index < -0.39 is 29.6 Å². The number of ketones is 1. The molecule has 0 spiro atoms. The van der Waals surface area contributed by atoms with Crippen molar-refractivity contribution in [3.8, 4) is 5.75 Å². The van der Waals surface area contributed by atoms with Crippen molar-refractivity contribution >= 4 is 45.1 Å². The lowest BCUT2D eigenvalue weighted by atomic mass is 10.0. The zero-order valence-corrected chi connectivity index (χ0v) is 21.6. The van der Waals surface area contributed by atoms with E-state index >= 15 is 0 Å². The monoisotopic (exact) mass is 513 g/mol. The molecule has 0 saturated carbocycles. The number of nitrogens with two attached hydrogens (primary N) is 1. The molecular formula is C26H31N3O6S. The molecule has 2 aromatic heterocycles. The molecule has 1 atom stereocenters. The Hall–Kier alpha value is -3.66. The molecule has 0 aliphatic carbocycles. The highest BCUT2D eigenvalue weighted by atomic mass is 32.1. The van der Waals surface area contributed by atoms with Gasteiger partial charge in [-0.15, -0.1) is 11.3 Å². The fourth-order valence-electron chi connectivity index (χ4n) is 4.14. The Labute approximate surface area is 213 Å². The first-order chi connectivity index (χ1) is 17.2. The molecule has 3 rings (SSSR count). The van der Waals surface area contributed by atoms with Gasteiger partial charge in [0.15, 0.2) is 6.61 Å². The Balaban J connectivity index is 1.94. The van der Waals surface area contributed by atoms with Gasteiger partial charge in [0.2, 0.25) is 0 Å². The topological polar surface area (TPSA) is 130 Å². The molecular weight excluding hydrogens is 482 g/mol.